The predicted molar refractivity (Wildman–Crippen MR) is 51.6 cm³/mol. The standard InChI is InChI=1S/C8H11BrN2O2/c1-3-11(13)8(12)7-4-6(9)5-10(7)2/h4-5,13H,3H2,1-2H3. The second-order valence-corrected chi connectivity index (χ2v) is 3.59. The number of amides is 1. The fourth-order valence-corrected chi connectivity index (χ4v) is 1.54. The summed E-state index contributed by atoms with van der Waals surface area (Å²) in [5, 5.41) is 9.85. The minimum atomic E-state index is -0.393. The Morgan fingerprint density at radius 1 is 1.77 bits per heavy atom. The van der Waals surface area contributed by atoms with Gasteiger partial charge in [-0.25, -0.2) is 5.06 Å². The fourth-order valence-electron chi connectivity index (χ4n) is 1.01. The average molecular weight is 247 g/mol. The van der Waals surface area contributed by atoms with Crippen LogP contribution in [0.4, 0.5) is 0 Å². The summed E-state index contributed by atoms with van der Waals surface area (Å²) in [5.74, 6) is -0.393. The van der Waals surface area contributed by atoms with Crippen molar-refractivity contribution >= 4 is 21.8 Å². The van der Waals surface area contributed by atoms with Crippen LogP contribution in [-0.4, -0.2) is 27.3 Å². The van der Waals surface area contributed by atoms with Crippen molar-refractivity contribution in [2.45, 2.75) is 6.92 Å². The highest BCUT2D eigenvalue weighted by Gasteiger charge is 2.15. The van der Waals surface area contributed by atoms with Crippen LogP contribution < -0.4 is 0 Å². The zero-order chi connectivity index (χ0) is 10.0. The van der Waals surface area contributed by atoms with Crippen LogP contribution >= 0.6 is 15.9 Å². The van der Waals surface area contributed by atoms with Gasteiger partial charge in [0.05, 0.1) is 0 Å². The molecule has 1 aromatic heterocycles. The Morgan fingerprint density at radius 3 is 2.77 bits per heavy atom. The van der Waals surface area contributed by atoms with Gasteiger partial charge in [0, 0.05) is 24.3 Å². The summed E-state index contributed by atoms with van der Waals surface area (Å²) in [6.07, 6.45) is 1.76. The normalized spacial score (nSPS) is 10.2. The van der Waals surface area contributed by atoms with Gasteiger partial charge in [0.25, 0.3) is 5.91 Å². The SMILES string of the molecule is CCN(O)C(=O)c1cc(Br)cn1C. The van der Waals surface area contributed by atoms with E-state index in [1.165, 1.54) is 0 Å². The molecule has 1 amide bonds. The minimum Gasteiger partial charge on any atom is -0.345 e. The summed E-state index contributed by atoms with van der Waals surface area (Å²) in [5.41, 5.74) is 0.455. The van der Waals surface area contributed by atoms with E-state index < -0.39 is 5.91 Å². The lowest BCUT2D eigenvalue weighted by Gasteiger charge is -2.11. The number of aromatic nitrogens is 1. The van der Waals surface area contributed by atoms with Crippen LogP contribution in [0.1, 0.15) is 17.4 Å². The van der Waals surface area contributed by atoms with Crippen molar-refractivity contribution in [2.24, 2.45) is 7.05 Å². The van der Waals surface area contributed by atoms with Crippen molar-refractivity contribution in [3.63, 3.8) is 0 Å². The van der Waals surface area contributed by atoms with Crippen molar-refractivity contribution < 1.29 is 10.0 Å². The topological polar surface area (TPSA) is 45.5 Å². The van der Waals surface area contributed by atoms with E-state index in [9.17, 15) is 4.79 Å². The van der Waals surface area contributed by atoms with Gasteiger partial charge in [0.15, 0.2) is 0 Å². The van der Waals surface area contributed by atoms with Crippen molar-refractivity contribution in [3.05, 3.63) is 22.4 Å². The van der Waals surface area contributed by atoms with Gasteiger partial charge in [-0.2, -0.15) is 0 Å². The Bertz CT molecular complexity index is 322. The first kappa shape index (κ1) is 10.3. The van der Waals surface area contributed by atoms with Gasteiger partial charge >= 0.3 is 0 Å². The van der Waals surface area contributed by atoms with Crippen LogP contribution in [0.5, 0.6) is 0 Å². The predicted octanol–water partition coefficient (Wildman–Crippen LogP) is 1.64. The number of hydroxylamine groups is 2. The molecule has 13 heavy (non-hydrogen) atoms. The van der Waals surface area contributed by atoms with Gasteiger partial charge in [-0.05, 0) is 28.9 Å². The molecule has 0 saturated carbocycles. The smallest absolute Gasteiger partial charge is 0.293 e. The van der Waals surface area contributed by atoms with Crippen LogP contribution in [0.3, 0.4) is 0 Å². The van der Waals surface area contributed by atoms with Gasteiger partial charge < -0.3 is 4.57 Å². The van der Waals surface area contributed by atoms with Gasteiger partial charge in [0.2, 0.25) is 0 Å². The molecule has 1 N–H and O–H groups in total. The maximum atomic E-state index is 11.4. The summed E-state index contributed by atoms with van der Waals surface area (Å²) in [4.78, 5) is 11.4. The lowest BCUT2D eigenvalue weighted by Crippen LogP contribution is -2.28. The Kier molecular flexibility index (Phi) is 3.11. The Balaban J connectivity index is 2.94. The summed E-state index contributed by atoms with van der Waals surface area (Å²) in [6.45, 7) is 1.98. The van der Waals surface area contributed by atoms with E-state index >= 15 is 0 Å². The van der Waals surface area contributed by atoms with Gasteiger partial charge in [-0.3, -0.25) is 10.0 Å². The number of halogens is 1. The number of carbonyl (C=O) groups is 1. The molecule has 1 heterocycles. The molecule has 4 nitrogen and oxygen atoms in total. The molecular formula is C8H11BrN2O2. The first-order valence-corrected chi connectivity index (χ1v) is 4.68. The Morgan fingerprint density at radius 2 is 2.38 bits per heavy atom. The van der Waals surface area contributed by atoms with Crippen LogP contribution in [0.25, 0.3) is 0 Å². The van der Waals surface area contributed by atoms with E-state index in [0.29, 0.717) is 10.8 Å². The molecule has 5 heteroatoms. The van der Waals surface area contributed by atoms with Crippen molar-refractivity contribution in [1.29, 1.82) is 0 Å². The highest BCUT2D eigenvalue weighted by molar-refractivity contribution is 9.10. The number of nitrogens with zero attached hydrogens (tertiary/aromatic N) is 2. The summed E-state index contributed by atoms with van der Waals surface area (Å²) < 4.78 is 2.48. The largest absolute Gasteiger partial charge is 0.345 e. The van der Waals surface area contributed by atoms with Crippen molar-refractivity contribution in [3.8, 4) is 0 Å². The summed E-state index contributed by atoms with van der Waals surface area (Å²) >= 11 is 3.25. The molecule has 0 spiro atoms. The lowest BCUT2D eigenvalue weighted by molar-refractivity contribution is -0.0548. The Hall–Kier alpha value is -0.810. The molecule has 0 saturated heterocycles. The second kappa shape index (κ2) is 3.93. The molecule has 0 aliphatic carbocycles. The van der Waals surface area contributed by atoms with E-state index in [1.54, 1.807) is 30.8 Å². The average Bonchev–Trinajstić information content (AvgIpc) is 2.42. The molecule has 0 atom stereocenters. The van der Waals surface area contributed by atoms with E-state index in [4.69, 9.17) is 5.21 Å². The zero-order valence-corrected chi connectivity index (χ0v) is 9.08. The minimum absolute atomic E-state index is 0.279. The first-order chi connectivity index (χ1) is 6.06. The van der Waals surface area contributed by atoms with Crippen LogP contribution in [0.2, 0.25) is 0 Å². The molecule has 1 aromatic rings. The third kappa shape index (κ3) is 2.10. The van der Waals surface area contributed by atoms with Gasteiger partial charge in [-0.15, -0.1) is 0 Å². The molecule has 0 fully saturated rings. The van der Waals surface area contributed by atoms with Crippen LogP contribution in [0, 0.1) is 0 Å². The number of hydrogen-bond acceptors (Lipinski definition) is 2. The molecule has 0 bridgehead atoms. The first-order valence-electron chi connectivity index (χ1n) is 3.89. The van der Waals surface area contributed by atoms with Crippen LogP contribution in [0.15, 0.2) is 16.7 Å². The van der Waals surface area contributed by atoms with Crippen molar-refractivity contribution in [2.75, 3.05) is 6.54 Å². The molecular weight excluding hydrogens is 236 g/mol. The fraction of sp³-hybridized carbons (Fsp3) is 0.375. The Labute approximate surface area is 84.8 Å². The monoisotopic (exact) mass is 246 g/mol. The van der Waals surface area contributed by atoms with E-state index in [0.717, 1.165) is 4.47 Å². The van der Waals surface area contributed by atoms with Gasteiger partial charge in [0.1, 0.15) is 5.69 Å². The van der Waals surface area contributed by atoms with Crippen LogP contribution in [-0.2, 0) is 7.05 Å². The number of hydrogen-bond donors (Lipinski definition) is 1. The maximum Gasteiger partial charge on any atom is 0.293 e. The highest BCUT2D eigenvalue weighted by atomic mass is 79.9. The van der Waals surface area contributed by atoms with E-state index in [-0.39, 0.29) is 6.54 Å². The second-order valence-electron chi connectivity index (χ2n) is 2.68. The maximum absolute atomic E-state index is 11.4. The highest BCUT2D eigenvalue weighted by Crippen LogP contribution is 2.14. The number of aryl methyl sites for hydroxylation is 1. The molecule has 0 radical (unpaired) electrons. The third-order valence-electron chi connectivity index (χ3n) is 1.72. The molecule has 0 aromatic carbocycles. The molecule has 72 valence electrons. The van der Waals surface area contributed by atoms with E-state index in [2.05, 4.69) is 15.9 Å². The summed E-state index contributed by atoms with van der Waals surface area (Å²) in [7, 11) is 1.75. The summed E-state index contributed by atoms with van der Waals surface area (Å²) in [6, 6.07) is 1.67. The number of carbonyl (C=O) groups excluding carboxylic acids is 1. The van der Waals surface area contributed by atoms with Crippen molar-refractivity contribution in [1.82, 2.24) is 9.63 Å². The zero-order valence-electron chi connectivity index (χ0n) is 7.49. The lowest BCUT2D eigenvalue weighted by atomic mass is 10.4. The molecule has 0 aliphatic heterocycles. The van der Waals surface area contributed by atoms with E-state index in [1.807, 2.05) is 0 Å². The van der Waals surface area contributed by atoms with Gasteiger partial charge in [-0.1, -0.05) is 0 Å². The molecule has 0 aliphatic rings. The molecule has 0 unspecified atom stereocenters. The quantitative estimate of drug-likeness (QED) is 0.637. The third-order valence-corrected chi connectivity index (χ3v) is 2.16. The molecule has 1 rings (SSSR count). The number of rotatable bonds is 2.